The van der Waals surface area contributed by atoms with Crippen molar-refractivity contribution < 1.29 is 24.2 Å². The van der Waals surface area contributed by atoms with Gasteiger partial charge in [0.05, 0.1) is 13.5 Å². The zero-order chi connectivity index (χ0) is 11.0. The van der Waals surface area contributed by atoms with Gasteiger partial charge in [0.2, 0.25) is 0 Å². The summed E-state index contributed by atoms with van der Waals surface area (Å²) in [6.07, 6.45) is 0.135. The van der Waals surface area contributed by atoms with Gasteiger partial charge in [-0.25, -0.2) is 0 Å². The Hall–Kier alpha value is -1.23. The number of ketones is 2. The fourth-order valence-electron chi connectivity index (χ4n) is 0.836. The third-order valence-electron chi connectivity index (χ3n) is 1.66. The number of methoxy groups -OCH3 is 1. The van der Waals surface area contributed by atoms with Gasteiger partial charge < -0.3 is 9.84 Å². The maximum atomic E-state index is 11.0. The molecule has 0 rings (SSSR count). The Balaban J connectivity index is 3.73. The first kappa shape index (κ1) is 12.8. The maximum Gasteiger partial charge on any atom is 0.305 e. The highest BCUT2D eigenvalue weighted by Crippen LogP contribution is 1.98. The number of ether oxygens (including phenoxy) is 1. The molecule has 1 N–H and O–H groups in total. The van der Waals surface area contributed by atoms with E-state index in [1.807, 2.05) is 0 Å². The van der Waals surface area contributed by atoms with Crippen molar-refractivity contribution in [1.29, 1.82) is 0 Å². The minimum atomic E-state index is -0.580. The van der Waals surface area contributed by atoms with Gasteiger partial charge in [-0.3, -0.25) is 14.4 Å². The molecule has 0 unspecified atom stereocenters. The van der Waals surface area contributed by atoms with Gasteiger partial charge in [0, 0.05) is 19.4 Å². The van der Waals surface area contributed by atoms with E-state index in [0.717, 1.165) is 0 Å². The van der Waals surface area contributed by atoms with Gasteiger partial charge in [0.1, 0.15) is 0 Å². The molecule has 0 radical (unpaired) electrons. The molecule has 0 saturated carbocycles. The highest BCUT2D eigenvalue weighted by molar-refractivity contribution is 6.37. The van der Waals surface area contributed by atoms with Crippen LogP contribution in [-0.2, 0) is 19.1 Å². The maximum absolute atomic E-state index is 11.0. The molecule has 5 heteroatoms. The van der Waals surface area contributed by atoms with Crippen LogP contribution in [0.5, 0.6) is 0 Å². The molecule has 0 bridgehead atoms. The van der Waals surface area contributed by atoms with E-state index in [-0.39, 0.29) is 32.3 Å². The third-order valence-corrected chi connectivity index (χ3v) is 1.66. The normalized spacial score (nSPS) is 9.57. The summed E-state index contributed by atoms with van der Waals surface area (Å²) in [7, 11) is 1.22. The lowest BCUT2D eigenvalue weighted by Crippen LogP contribution is -2.15. The van der Waals surface area contributed by atoms with E-state index in [2.05, 4.69) is 4.74 Å². The van der Waals surface area contributed by atoms with Crippen molar-refractivity contribution in [2.24, 2.45) is 0 Å². The zero-order valence-electron chi connectivity index (χ0n) is 8.12. The second-order valence-electron chi connectivity index (χ2n) is 2.75. The smallest absolute Gasteiger partial charge is 0.305 e. The van der Waals surface area contributed by atoms with Crippen LogP contribution >= 0.6 is 0 Å². The average molecular weight is 202 g/mol. The third kappa shape index (κ3) is 5.42. The van der Waals surface area contributed by atoms with Crippen LogP contribution in [0.15, 0.2) is 0 Å². The SMILES string of the molecule is COC(=O)CCC(=O)C(=O)CCCO. The molecule has 0 aromatic rings. The molecule has 0 aromatic carbocycles. The van der Waals surface area contributed by atoms with Gasteiger partial charge in [-0.15, -0.1) is 0 Å². The minimum Gasteiger partial charge on any atom is -0.469 e. The van der Waals surface area contributed by atoms with Crippen molar-refractivity contribution >= 4 is 17.5 Å². The Kier molecular flexibility index (Phi) is 6.57. The number of aliphatic hydroxyl groups is 1. The summed E-state index contributed by atoms with van der Waals surface area (Å²) in [6, 6.07) is 0. The second kappa shape index (κ2) is 7.20. The predicted molar refractivity (Wildman–Crippen MR) is 47.6 cm³/mol. The van der Waals surface area contributed by atoms with Crippen LogP contribution in [0.25, 0.3) is 0 Å². The number of carbonyl (C=O) groups excluding carboxylic acids is 3. The molecule has 0 aliphatic carbocycles. The van der Waals surface area contributed by atoms with E-state index in [9.17, 15) is 14.4 Å². The highest BCUT2D eigenvalue weighted by Gasteiger charge is 2.14. The molecular formula is C9H14O5. The zero-order valence-corrected chi connectivity index (χ0v) is 8.12. The molecule has 0 atom stereocenters. The Morgan fingerprint density at radius 1 is 1.07 bits per heavy atom. The summed E-state index contributed by atoms with van der Waals surface area (Å²) in [4.78, 5) is 32.6. The fourth-order valence-corrected chi connectivity index (χ4v) is 0.836. The average Bonchev–Trinajstić information content (AvgIpc) is 2.21. The van der Waals surface area contributed by atoms with Crippen LogP contribution in [0.4, 0.5) is 0 Å². The van der Waals surface area contributed by atoms with Crippen molar-refractivity contribution in [1.82, 2.24) is 0 Å². The number of Topliss-reactive ketones (excluding diaryl/α,β-unsaturated/α-hetero) is 2. The monoisotopic (exact) mass is 202 g/mol. The highest BCUT2D eigenvalue weighted by atomic mass is 16.5. The molecule has 14 heavy (non-hydrogen) atoms. The Morgan fingerprint density at radius 2 is 1.64 bits per heavy atom. The van der Waals surface area contributed by atoms with Crippen molar-refractivity contribution in [2.75, 3.05) is 13.7 Å². The summed E-state index contributed by atoms with van der Waals surface area (Å²) in [5, 5.41) is 8.42. The van der Waals surface area contributed by atoms with Crippen molar-refractivity contribution in [2.45, 2.75) is 25.7 Å². The number of esters is 1. The summed E-state index contributed by atoms with van der Waals surface area (Å²) in [6.45, 7) is -0.115. The standard InChI is InChI=1S/C9H14O5/c1-14-9(13)5-4-8(12)7(11)3-2-6-10/h10H,2-6H2,1H3. The number of aliphatic hydroxyl groups excluding tert-OH is 1. The molecule has 0 spiro atoms. The van der Waals surface area contributed by atoms with E-state index < -0.39 is 17.5 Å². The topological polar surface area (TPSA) is 80.7 Å². The van der Waals surface area contributed by atoms with E-state index in [0.29, 0.717) is 0 Å². The first-order chi connectivity index (χ1) is 6.61. The van der Waals surface area contributed by atoms with Gasteiger partial charge in [0.15, 0.2) is 11.6 Å². The van der Waals surface area contributed by atoms with E-state index in [1.54, 1.807) is 0 Å². The molecule has 0 fully saturated rings. The quantitative estimate of drug-likeness (QED) is 0.458. The van der Waals surface area contributed by atoms with Gasteiger partial charge in [0.25, 0.3) is 0 Å². The molecule has 5 nitrogen and oxygen atoms in total. The number of hydrogen-bond acceptors (Lipinski definition) is 5. The van der Waals surface area contributed by atoms with Gasteiger partial charge in [-0.05, 0) is 6.42 Å². The first-order valence-corrected chi connectivity index (χ1v) is 4.35. The van der Waals surface area contributed by atoms with Crippen LogP contribution in [-0.4, -0.2) is 36.4 Å². The molecule has 0 aromatic heterocycles. The van der Waals surface area contributed by atoms with Gasteiger partial charge >= 0.3 is 5.97 Å². The lowest BCUT2D eigenvalue weighted by Gasteiger charge is -1.98. The lowest BCUT2D eigenvalue weighted by atomic mass is 10.1. The fraction of sp³-hybridized carbons (Fsp3) is 0.667. The molecule has 0 aliphatic heterocycles. The van der Waals surface area contributed by atoms with E-state index in [1.165, 1.54) is 7.11 Å². The summed E-state index contributed by atoms with van der Waals surface area (Å²) >= 11 is 0. The Bertz CT molecular complexity index is 221. The van der Waals surface area contributed by atoms with Gasteiger partial charge in [-0.1, -0.05) is 0 Å². The summed E-state index contributed by atoms with van der Waals surface area (Å²) in [5.41, 5.74) is 0. The number of rotatable bonds is 7. The Labute approximate surface area is 82.1 Å². The van der Waals surface area contributed by atoms with E-state index >= 15 is 0 Å². The Morgan fingerprint density at radius 3 is 2.14 bits per heavy atom. The number of hydrogen-bond donors (Lipinski definition) is 1. The molecule has 80 valence electrons. The largest absolute Gasteiger partial charge is 0.469 e. The van der Waals surface area contributed by atoms with Crippen LogP contribution in [0.2, 0.25) is 0 Å². The van der Waals surface area contributed by atoms with Crippen LogP contribution in [0, 0.1) is 0 Å². The molecule has 0 amide bonds. The van der Waals surface area contributed by atoms with Crippen LogP contribution < -0.4 is 0 Å². The molecule has 0 aliphatic rings. The predicted octanol–water partition coefficient (Wildman–Crippen LogP) is -0.150. The lowest BCUT2D eigenvalue weighted by molar-refractivity contribution is -0.143. The molecular weight excluding hydrogens is 188 g/mol. The van der Waals surface area contributed by atoms with E-state index in [4.69, 9.17) is 5.11 Å². The molecule has 0 heterocycles. The molecule has 0 saturated heterocycles. The van der Waals surface area contributed by atoms with Crippen LogP contribution in [0.3, 0.4) is 0 Å². The van der Waals surface area contributed by atoms with Crippen molar-refractivity contribution in [3.8, 4) is 0 Å². The van der Waals surface area contributed by atoms with Gasteiger partial charge in [-0.2, -0.15) is 0 Å². The van der Waals surface area contributed by atoms with Crippen molar-refractivity contribution in [3.05, 3.63) is 0 Å². The second-order valence-corrected chi connectivity index (χ2v) is 2.75. The summed E-state index contributed by atoms with van der Waals surface area (Å²) < 4.78 is 4.32. The van der Waals surface area contributed by atoms with Crippen molar-refractivity contribution in [3.63, 3.8) is 0 Å². The number of carbonyl (C=O) groups is 3. The first-order valence-electron chi connectivity index (χ1n) is 4.35. The summed E-state index contributed by atoms with van der Waals surface area (Å²) in [5.74, 6) is -1.62. The van der Waals surface area contributed by atoms with Crippen LogP contribution in [0.1, 0.15) is 25.7 Å². The minimum absolute atomic E-state index is 0.0382.